The van der Waals surface area contributed by atoms with Crippen LogP contribution in [0.3, 0.4) is 0 Å². The topological polar surface area (TPSA) is 55.6 Å². The Kier molecular flexibility index (Phi) is 10.1. The third kappa shape index (κ3) is 6.96. The normalized spacial score (nSPS) is 16.6. The molecule has 1 fully saturated rings. The van der Waals surface area contributed by atoms with E-state index in [0.29, 0.717) is 18.4 Å². The van der Waals surface area contributed by atoms with E-state index in [0.717, 1.165) is 45.4 Å². The first-order valence-electron chi connectivity index (χ1n) is 9.26. The highest BCUT2D eigenvalue weighted by Gasteiger charge is 2.30. The average Bonchev–Trinajstić information content (AvgIpc) is 2.60. The van der Waals surface area contributed by atoms with Gasteiger partial charge in [-0.3, -0.25) is 4.79 Å². The van der Waals surface area contributed by atoms with Crippen LogP contribution in [0.4, 0.5) is 0 Å². The molecule has 4 nitrogen and oxygen atoms in total. The summed E-state index contributed by atoms with van der Waals surface area (Å²) in [6.07, 6.45) is 3.89. The zero-order valence-corrected chi connectivity index (χ0v) is 16.3. The molecule has 1 atom stereocenters. The minimum absolute atomic E-state index is 0. The molecule has 5 heteroatoms. The number of halogens is 1. The number of carbonyl (C=O) groups is 1. The smallest absolute Gasteiger partial charge is 0.226 e. The molecule has 0 aromatic heterocycles. The van der Waals surface area contributed by atoms with Gasteiger partial charge in [-0.15, -0.1) is 12.4 Å². The third-order valence-corrected chi connectivity index (χ3v) is 4.88. The maximum Gasteiger partial charge on any atom is 0.226 e. The number of likely N-dealkylation sites (tertiary alicyclic amines) is 1. The zero-order valence-electron chi connectivity index (χ0n) is 15.5. The number of rotatable bonds is 8. The summed E-state index contributed by atoms with van der Waals surface area (Å²) in [4.78, 5) is 15.0. The molecular weight excluding hydrogens is 336 g/mol. The fraction of sp³-hybridized carbons (Fsp3) is 0.650. The lowest BCUT2D eigenvalue weighted by Gasteiger charge is -2.35. The van der Waals surface area contributed by atoms with E-state index in [1.54, 1.807) is 0 Å². The van der Waals surface area contributed by atoms with Crippen LogP contribution in [0.5, 0.6) is 0 Å². The number of nitrogens with zero attached hydrogens (tertiary/aromatic N) is 1. The number of nitrogens with two attached hydrogens (primary N) is 1. The Morgan fingerprint density at radius 1 is 1.24 bits per heavy atom. The molecule has 0 spiro atoms. The quantitative estimate of drug-likeness (QED) is 0.716. The van der Waals surface area contributed by atoms with E-state index in [4.69, 9.17) is 10.5 Å². The van der Waals surface area contributed by atoms with Gasteiger partial charge in [0.15, 0.2) is 0 Å². The van der Waals surface area contributed by atoms with Crippen LogP contribution in [0.25, 0.3) is 0 Å². The number of ether oxygens (including phenoxy) is 1. The Hall–Kier alpha value is -1.10. The lowest BCUT2D eigenvalue weighted by atomic mass is 9.87. The van der Waals surface area contributed by atoms with Gasteiger partial charge in [0.1, 0.15) is 0 Å². The van der Waals surface area contributed by atoms with Gasteiger partial charge in [-0.05, 0) is 43.7 Å². The maximum absolute atomic E-state index is 13.0. The Bertz CT molecular complexity index is 488. The summed E-state index contributed by atoms with van der Waals surface area (Å²) in [6, 6.07) is 10.3. The average molecular weight is 369 g/mol. The minimum Gasteiger partial charge on any atom is -0.378 e. The van der Waals surface area contributed by atoms with Crippen LogP contribution in [-0.2, 0) is 16.0 Å². The standard InChI is InChI=1S/C20H32N2O2.ClH/c1-16(2)19(15-17-7-4-3-5-8-17)20(23)22-12-9-18(10-13-22)24-14-6-11-21;/h3-5,7-8,16,18-19H,6,9-15,21H2,1-2H3;1H. The fourth-order valence-electron chi connectivity index (χ4n) is 3.29. The monoisotopic (exact) mass is 368 g/mol. The molecule has 1 aliphatic heterocycles. The minimum atomic E-state index is 0. The van der Waals surface area contributed by atoms with Crippen molar-refractivity contribution in [2.45, 2.75) is 45.6 Å². The van der Waals surface area contributed by atoms with Crippen molar-refractivity contribution in [2.75, 3.05) is 26.2 Å². The zero-order chi connectivity index (χ0) is 17.4. The SMILES string of the molecule is CC(C)C(Cc1ccccc1)C(=O)N1CCC(OCCCN)CC1.Cl. The molecular formula is C20H33ClN2O2. The summed E-state index contributed by atoms with van der Waals surface area (Å²) in [5, 5.41) is 0. The van der Waals surface area contributed by atoms with E-state index in [9.17, 15) is 4.79 Å². The van der Waals surface area contributed by atoms with Crippen molar-refractivity contribution in [3.63, 3.8) is 0 Å². The van der Waals surface area contributed by atoms with Gasteiger partial charge < -0.3 is 15.4 Å². The van der Waals surface area contributed by atoms with E-state index in [-0.39, 0.29) is 24.4 Å². The Labute approximate surface area is 158 Å². The molecule has 1 heterocycles. The van der Waals surface area contributed by atoms with Crippen molar-refractivity contribution in [2.24, 2.45) is 17.6 Å². The summed E-state index contributed by atoms with van der Waals surface area (Å²) < 4.78 is 5.84. The molecule has 1 saturated heterocycles. The molecule has 25 heavy (non-hydrogen) atoms. The van der Waals surface area contributed by atoms with Crippen molar-refractivity contribution >= 4 is 18.3 Å². The largest absolute Gasteiger partial charge is 0.378 e. The van der Waals surface area contributed by atoms with Crippen LogP contribution in [0, 0.1) is 11.8 Å². The predicted molar refractivity (Wildman–Crippen MR) is 105 cm³/mol. The Morgan fingerprint density at radius 2 is 1.88 bits per heavy atom. The van der Waals surface area contributed by atoms with Crippen LogP contribution in [0.15, 0.2) is 30.3 Å². The van der Waals surface area contributed by atoms with Gasteiger partial charge in [-0.1, -0.05) is 44.2 Å². The number of hydrogen-bond acceptors (Lipinski definition) is 3. The molecule has 0 saturated carbocycles. The van der Waals surface area contributed by atoms with Gasteiger partial charge in [0.2, 0.25) is 5.91 Å². The fourth-order valence-corrected chi connectivity index (χ4v) is 3.29. The molecule has 2 N–H and O–H groups in total. The van der Waals surface area contributed by atoms with Crippen LogP contribution in [-0.4, -0.2) is 43.2 Å². The second-order valence-electron chi connectivity index (χ2n) is 7.08. The molecule has 0 aliphatic carbocycles. The summed E-state index contributed by atoms with van der Waals surface area (Å²) in [6.45, 7) is 7.32. The maximum atomic E-state index is 13.0. The number of hydrogen-bond donors (Lipinski definition) is 1. The number of piperidine rings is 1. The first kappa shape index (κ1) is 21.9. The summed E-state index contributed by atoms with van der Waals surface area (Å²) >= 11 is 0. The van der Waals surface area contributed by atoms with Crippen LogP contribution >= 0.6 is 12.4 Å². The molecule has 0 bridgehead atoms. The molecule has 0 radical (unpaired) electrons. The van der Waals surface area contributed by atoms with Gasteiger partial charge >= 0.3 is 0 Å². The first-order chi connectivity index (χ1) is 11.6. The third-order valence-electron chi connectivity index (χ3n) is 4.88. The number of carbonyl (C=O) groups excluding carboxylic acids is 1. The summed E-state index contributed by atoms with van der Waals surface area (Å²) in [5.41, 5.74) is 6.74. The first-order valence-corrected chi connectivity index (χ1v) is 9.26. The van der Waals surface area contributed by atoms with E-state index in [1.807, 2.05) is 23.1 Å². The lowest BCUT2D eigenvalue weighted by molar-refractivity contribution is -0.139. The molecule has 142 valence electrons. The van der Waals surface area contributed by atoms with E-state index in [1.165, 1.54) is 5.56 Å². The van der Waals surface area contributed by atoms with E-state index < -0.39 is 0 Å². The highest BCUT2D eigenvalue weighted by molar-refractivity contribution is 5.85. The van der Waals surface area contributed by atoms with Crippen molar-refractivity contribution in [1.82, 2.24) is 4.90 Å². The van der Waals surface area contributed by atoms with Gasteiger partial charge in [0.25, 0.3) is 0 Å². The predicted octanol–water partition coefficient (Wildman–Crippen LogP) is 3.28. The molecule has 1 unspecified atom stereocenters. The second-order valence-corrected chi connectivity index (χ2v) is 7.08. The highest BCUT2D eigenvalue weighted by Crippen LogP contribution is 2.23. The van der Waals surface area contributed by atoms with Crippen LogP contribution in [0.1, 0.15) is 38.7 Å². The second kappa shape index (κ2) is 11.5. The van der Waals surface area contributed by atoms with E-state index in [2.05, 4.69) is 26.0 Å². The van der Waals surface area contributed by atoms with Gasteiger partial charge in [-0.25, -0.2) is 0 Å². The summed E-state index contributed by atoms with van der Waals surface area (Å²) in [7, 11) is 0. The van der Waals surface area contributed by atoms with Crippen LogP contribution in [0.2, 0.25) is 0 Å². The van der Waals surface area contributed by atoms with E-state index >= 15 is 0 Å². The molecule has 1 amide bonds. The van der Waals surface area contributed by atoms with Crippen molar-refractivity contribution in [3.8, 4) is 0 Å². The highest BCUT2D eigenvalue weighted by atomic mass is 35.5. The molecule has 1 aliphatic rings. The molecule has 1 aromatic carbocycles. The van der Waals surface area contributed by atoms with Crippen molar-refractivity contribution < 1.29 is 9.53 Å². The van der Waals surface area contributed by atoms with Gasteiger partial charge in [0, 0.05) is 25.6 Å². The van der Waals surface area contributed by atoms with Crippen molar-refractivity contribution in [3.05, 3.63) is 35.9 Å². The van der Waals surface area contributed by atoms with Crippen molar-refractivity contribution in [1.29, 1.82) is 0 Å². The number of benzene rings is 1. The van der Waals surface area contributed by atoms with Gasteiger partial charge in [-0.2, -0.15) is 0 Å². The lowest BCUT2D eigenvalue weighted by Crippen LogP contribution is -2.45. The molecule has 2 rings (SSSR count). The Morgan fingerprint density at radius 3 is 2.44 bits per heavy atom. The Balaban J connectivity index is 0.00000312. The molecule has 1 aromatic rings. The van der Waals surface area contributed by atoms with Crippen LogP contribution < -0.4 is 5.73 Å². The number of amides is 1. The van der Waals surface area contributed by atoms with Gasteiger partial charge in [0.05, 0.1) is 6.10 Å². The summed E-state index contributed by atoms with van der Waals surface area (Å²) in [5.74, 6) is 0.701.